The summed E-state index contributed by atoms with van der Waals surface area (Å²) in [6.45, 7) is 2.43. The zero-order chi connectivity index (χ0) is 6.41. The lowest BCUT2D eigenvalue weighted by Crippen LogP contribution is -2.03. The zero-order valence-electron chi connectivity index (χ0n) is 4.82. The fourth-order valence-corrected chi connectivity index (χ4v) is 0.667. The fourth-order valence-electron chi connectivity index (χ4n) is 0.340. The minimum Gasteiger partial charge on any atom is -0.243 e. The summed E-state index contributed by atoms with van der Waals surface area (Å²) < 4.78 is 22.6. The van der Waals surface area contributed by atoms with Crippen molar-refractivity contribution in [3.8, 4) is 0 Å². The highest BCUT2D eigenvalue weighted by Crippen LogP contribution is 2.32. The lowest BCUT2D eigenvalue weighted by molar-refractivity contribution is 0.675. The van der Waals surface area contributed by atoms with E-state index in [1.807, 2.05) is 6.92 Å². The second-order valence-corrected chi connectivity index (χ2v) is 2.28. The monoisotopic (exact) mass is 141 g/mol. The van der Waals surface area contributed by atoms with Gasteiger partial charge in [0.1, 0.15) is 0 Å². The molecule has 0 aromatic rings. The third-order valence-electron chi connectivity index (χ3n) is 0.762. The third kappa shape index (κ3) is 6.25. The maximum absolute atomic E-state index is 11.3. The first kappa shape index (κ1) is 8.25. The minimum atomic E-state index is -2.86. The highest BCUT2D eigenvalue weighted by Gasteiger charge is 1.98. The SMILES string of the molecule is CCCCNP(F)F. The lowest BCUT2D eigenvalue weighted by Gasteiger charge is -1.96. The standard InChI is InChI=1S/C4H10F2NP/c1-2-3-4-7-8(5)6/h7H,2-4H2,1H3. The van der Waals surface area contributed by atoms with Crippen LogP contribution in [0.4, 0.5) is 8.39 Å². The first-order chi connectivity index (χ1) is 3.77. The van der Waals surface area contributed by atoms with Crippen molar-refractivity contribution in [1.29, 1.82) is 0 Å². The largest absolute Gasteiger partial charge is 0.342 e. The van der Waals surface area contributed by atoms with Gasteiger partial charge in [-0.1, -0.05) is 13.3 Å². The van der Waals surface area contributed by atoms with Crippen molar-refractivity contribution in [3.63, 3.8) is 0 Å². The Labute approximate surface area is 49.5 Å². The second-order valence-electron chi connectivity index (χ2n) is 1.49. The molecule has 0 spiro atoms. The summed E-state index contributed by atoms with van der Waals surface area (Å²) in [6.07, 6.45) is 1.81. The van der Waals surface area contributed by atoms with E-state index in [4.69, 9.17) is 0 Å². The summed E-state index contributed by atoms with van der Waals surface area (Å²) >= 11 is 0. The average molecular weight is 141 g/mol. The molecule has 8 heavy (non-hydrogen) atoms. The smallest absolute Gasteiger partial charge is 0.243 e. The quantitative estimate of drug-likeness (QED) is 0.468. The third-order valence-corrected chi connectivity index (χ3v) is 1.22. The molecule has 50 valence electrons. The van der Waals surface area contributed by atoms with Gasteiger partial charge in [-0.3, -0.25) is 0 Å². The van der Waals surface area contributed by atoms with Crippen LogP contribution in [0.1, 0.15) is 19.8 Å². The normalized spacial score (nSPS) is 10.5. The highest BCUT2D eigenvalue weighted by molar-refractivity contribution is 7.43. The number of halogens is 2. The number of hydrogen-bond acceptors (Lipinski definition) is 1. The van der Waals surface area contributed by atoms with Crippen molar-refractivity contribution in [2.24, 2.45) is 0 Å². The van der Waals surface area contributed by atoms with Crippen LogP contribution in [0, 0.1) is 0 Å². The van der Waals surface area contributed by atoms with Crippen molar-refractivity contribution in [3.05, 3.63) is 0 Å². The van der Waals surface area contributed by atoms with E-state index in [9.17, 15) is 8.39 Å². The van der Waals surface area contributed by atoms with Gasteiger partial charge in [0, 0.05) is 6.54 Å². The summed E-state index contributed by atoms with van der Waals surface area (Å²) in [4.78, 5) is 0. The summed E-state index contributed by atoms with van der Waals surface area (Å²) in [5, 5.41) is 2.08. The molecule has 0 aromatic carbocycles. The van der Waals surface area contributed by atoms with E-state index in [-0.39, 0.29) is 0 Å². The first-order valence-corrected chi connectivity index (χ1v) is 3.75. The topological polar surface area (TPSA) is 12.0 Å². The van der Waals surface area contributed by atoms with Crippen LogP contribution in [-0.4, -0.2) is 6.54 Å². The van der Waals surface area contributed by atoms with Crippen LogP contribution >= 0.6 is 8.69 Å². The molecule has 0 atom stereocenters. The van der Waals surface area contributed by atoms with Crippen molar-refractivity contribution in [2.75, 3.05) is 6.54 Å². The Balaban J connectivity index is 2.72. The van der Waals surface area contributed by atoms with E-state index in [2.05, 4.69) is 5.09 Å². The van der Waals surface area contributed by atoms with Gasteiger partial charge in [0.15, 0.2) is 0 Å². The molecule has 0 aliphatic heterocycles. The van der Waals surface area contributed by atoms with Crippen LogP contribution in [0.3, 0.4) is 0 Å². The first-order valence-electron chi connectivity index (χ1n) is 2.62. The van der Waals surface area contributed by atoms with Crippen molar-refractivity contribution in [1.82, 2.24) is 5.09 Å². The van der Waals surface area contributed by atoms with E-state index >= 15 is 0 Å². The van der Waals surface area contributed by atoms with Gasteiger partial charge < -0.3 is 0 Å². The van der Waals surface area contributed by atoms with Gasteiger partial charge in [-0.15, -0.1) is 0 Å². The second kappa shape index (κ2) is 5.39. The minimum absolute atomic E-state index is 0.454. The molecule has 0 aliphatic carbocycles. The summed E-state index contributed by atoms with van der Waals surface area (Å²) in [7, 11) is -2.86. The van der Waals surface area contributed by atoms with Crippen molar-refractivity contribution >= 4 is 8.69 Å². The van der Waals surface area contributed by atoms with E-state index in [0.717, 1.165) is 12.8 Å². The van der Waals surface area contributed by atoms with Gasteiger partial charge in [0.05, 0.1) is 0 Å². The Morgan fingerprint density at radius 1 is 1.50 bits per heavy atom. The van der Waals surface area contributed by atoms with Gasteiger partial charge in [0.2, 0.25) is 0 Å². The Hall–Kier alpha value is 0.250. The average Bonchev–Trinajstić information content (AvgIpc) is 1.66. The molecule has 0 saturated carbocycles. The van der Waals surface area contributed by atoms with Gasteiger partial charge in [-0.05, 0) is 6.42 Å². The number of nitrogens with one attached hydrogen (secondary N) is 1. The zero-order valence-corrected chi connectivity index (χ0v) is 5.72. The molecule has 1 nitrogen and oxygen atoms in total. The molecule has 0 rings (SSSR count). The predicted octanol–water partition coefficient (Wildman–Crippen LogP) is 2.54. The molecule has 0 bridgehead atoms. The van der Waals surface area contributed by atoms with Crippen LogP contribution in [0.25, 0.3) is 0 Å². The van der Waals surface area contributed by atoms with E-state index in [1.54, 1.807) is 0 Å². The Morgan fingerprint density at radius 2 is 2.12 bits per heavy atom. The molecular formula is C4H10F2NP. The highest BCUT2D eigenvalue weighted by atomic mass is 31.2. The lowest BCUT2D eigenvalue weighted by atomic mass is 10.3. The predicted molar refractivity (Wildman–Crippen MR) is 32.0 cm³/mol. The molecule has 0 amide bonds. The van der Waals surface area contributed by atoms with E-state index in [1.165, 1.54) is 0 Å². The number of hydrogen-bond donors (Lipinski definition) is 1. The van der Waals surface area contributed by atoms with E-state index < -0.39 is 8.69 Å². The maximum Gasteiger partial charge on any atom is 0.342 e. The van der Waals surface area contributed by atoms with Crippen molar-refractivity contribution < 1.29 is 8.39 Å². The van der Waals surface area contributed by atoms with Gasteiger partial charge in [0.25, 0.3) is 0 Å². The van der Waals surface area contributed by atoms with Crippen LogP contribution in [0.15, 0.2) is 0 Å². The van der Waals surface area contributed by atoms with Crippen LogP contribution in [0.2, 0.25) is 0 Å². The summed E-state index contributed by atoms with van der Waals surface area (Å²) in [5.41, 5.74) is 0. The summed E-state index contributed by atoms with van der Waals surface area (Å²) in [6, 6.07) is 0. The van der Waals surface area contributed by atoms with E-state index in [0.29, 0.717) is 6.54 Å². The number of unbranched alkanes of at least 4 members (excludes halogenated alkanes) is 1. The molecule has 0 heterocycles. The molecular weight excluding hydrogens is 131 g/mol. The van der Waals surface area contributed by atoms with Crippen molar-refractivity contribution in [2.45, 2.75) is 19.8 Å². The Bertz CT molecular complexity index is 51.3. The van der Waals surface area contributed by atoms with Gasteiger partial charge in [-0.2, -0.15) is 8.39 Å². The molecule has 0 fully saturated rings. The van der Waals surface area contributed by atoms with Gasteiger partial charge >= 0.3 is 8.69 Å². The molecule has 0 aromatic heterocycles. The van der Waals surface area contributed by atoms with Gasteiger partial charge in [-0.25, -0.2) is 5.09 Å². The molecule has 0 unspecified atom stereocenters. The summed E-state index contributed by atoms with van der Waals surface area (Å²) in [5.74, 6) is 0. The maximum atomic E-state index is 11.3. The molecule has 4 heteroatoms. The number of rotatable bonds is 4. The Morgan fingerprint density at radius 3 is 2.50 bits per heavy atom. The molecule has 0 radical (unpaired) electrons. The fraction of sp³-hybridized carbons (Fsp3) is 1.00. The molecule has 1 N–H and O–H groups in total. The van der Waals surface area contributed by atoms with Crippen LogP contribution in [-0.2, 0) is 0 Å². The molecule has 0 aliphatic rings. The van der Waals surface area contributed by atoms with Crippen LogP contribution in [0.5, 0.6) is 0 Å². The Kier molecular flexibility index (Phi) is 5.56. The molecule has 0 saturated heterocycles. The van der Waals surface area contributed by atoms with Crippen LogP contribution < -0.4 is 5.09 Å².